The molecule has 0 saturated heterocycles. The number of aromatic nitrogens is 2. The molecule has 0 aliphatic heterocycles. The van der Waals surface area contributed by atoms with Crippen molar-refractivity contribution in [1.82, 2.24) is 15.3 Å². The Labute approximate surface area is 220 Å². The van der Waals surface area contributed by atoms with Gasteiger partial charge in [0.15, 0.2) is 0 Å². The van der Waals surface area contributed by atoms with Gasteiger partial charge < -0.3 is 10.6 Å². The van der Waals surface area contributed by atoms with E-state index in [0.29, 0.717) is 17.8 Å². The van der Waals surface area contributed by atoms with Gasteiger partial charge in [0, 0.05) is 43.5 Å². The number of benzene rings is 1. The number of amides is 2. The van der Waals surface area contributed by atoms with E-state index in [2.05, 4.69) is 33.3 Å². The molecule has 1 unspecified atom stereocenters. The predicted molar refractivity (Wildman–Crippen MR) is 144 cm³/mol. The second kappa shape index (κ2) is 10.9. The number of hydrogen-bond donors (Lipinski definition) is 2. The topological polar surface area (TPSA) is 84.0 Å². The molecule has 0 bridgehead atoms. The highest BCUT2D eigenvalue weighted by molar-refractivity contribution is 6.04. The molecule has 0 fully saturated rings. The lowest BCUT2D eigenvalue weighted by molar-refractivity contribution is 0.0127. The fourth-order valence-corrected chi connectivity index (χ4v) is 4.25. The number of halogens is 2. The van der Waals surface area contributed by atoms with Gasteiger partial charge in [0.25, 0.3) is 17.7 Å². The minimum Gasteiger partial charge on any atom is -0.354 e. The fraction of sp³-hybridized carbons (Fsp3) is 0.200. The van der Waals surface area contributed by atoms with Crippen LogP contribution in [0.15, 0.2) is 85.2 Å². The van der Waals surface area contributed by atoms with Crippen molar-refractivity contribution in [2.24, 2.45) is 0 Å². The average molecular weight is 515 g/mol. The zero-order valence-electron chi connectivity index (χ0n) is 21.4. The third-order valence-corrected chi connectivity index (χ3v) is 6.34. The number of alkyl halides is 2. The number of anilines is 1. The van der Waals surface area contributed by atoms with E-state index in [1.165, 1.54) is 12.3 Å². The maximum Gasteiger partial charge on any atom is 0.286 e. The second-order valence-electron chi connectivity index (χ2n) is 9.22. The van der Waals surface area contributed by atoms with Gasteiger partial charge in [0.2, 0.25) is 0 Å². The van der Waals surface area contributed by atoms with Gasteiger partial charge in [-0.1, -0.05) is 36.4 Å². The Hall–Kier alpha value is -4.46. The molecule has 194 valence electrons. The van der Waals surface area contributed by atoms with Gasteiger partial charge in [-0.15, -0.1) is 0 Å². The van der Waals surface area contributed by atoms with Gasteiger partial charge >= 0.3 is 0 Å². The van der Waals surface area contributed by atoms with E-state index >= 15 is 0 Å². The number of rotatable bonds is 6. The van der Waals surface area contributed by atoms with Crippen LogP contribution in [0.3, 0.4) is 0 Å². The normalized spacial score (nSPS) is 15.4. The van der Waals surface area contributed by atoms with Crippen molar-refractivity contribution in [3.63, 3.8) is 0 Å². The van der Waals surface area contributed by atoms with Crippen LogP contribution in [0.4, 0.5) is 14.5 Å². The van der Waals surface area contributed by atoms with Crippen molar-refractivity contribution in [2.75, 3.05) is 12.4 Å². The van der Waals surface area contributed by atoms with Crippen LogP contribution >= 0.6 is 0 Å². The summed E-state index contributed by atoms with van der Waals surface area (Å²) in [7, 11) is 1.56. The molecule has 1 aliphatic rings. The van der Waals surface area contributed by atoms with Crippen molar-refractivity contribution < 1.29 is 18.4 Å². The molecule has 2 N–H and O–H groups in total. The van der Waals surface area contributed by atoms with Crippen molar-refractivity contribution in [1.29, 1.82) is 0 Å². The van der Waals surface area contributed by atoms with Crippen LogP contribution < -0.4 is 10.6 Å². The Bertz CT molecular complexity index is 1470. The monoisotopic (exact) mass is 514 g/mol. The molecule has 0 saturated carbocycles. The average Bonchev–Trinajstić information content (AvgIpc) is 3.10. The molecule has 4 rings (SSSR count). The van der Waals surface area contributed by atoms with Gasteiger partial charge in [-0.25, -0.2) is 0 Å². The van der Waals surface area contributed by atoms with E-state index in [1.54, 1.807) is 25.4 Å². The molecule has 2 aromatic heterocycles. The van der Waals surface area contributed by atoms with Gasteiger partial charge in [-0.05, 0) is 72.0 Å². The Kier molecular flexibility index (Phi) is 7.62. The van der Waals surface area contributed by atoms with Crippen LogP contribution in [0.1, 0.15) is 62.5 Å². The highest BCUT2D eigenvalue weighted by Crippen LogP contribution is 2.35. The third kappa shape index (κ3) is 5.91. The first-order valence-corrected chi connectivity index (χ1v) is 12.1. The molecule has 2 amide bonds. The summed E-state index contributed by atoms with van der Waals surface area (Å²) < 4.78 is 27.4. The first kappa shape index (κ1) is 26.6. The molecule has 0 radical (unpaired) electrons. The van der Waals surface area contributed by atoms with Crippen LogP contribution in [0.5, 0.6) is 0 Å². The number of pyridine rings is 2. The summed E-state index contributed by atoms with van der Waals surface area (Å²) in [5, 5.41) is 5.40. The number of nitrogens with zero attached hydrogens (tertiary/aromatic N) is 2. The van der Waals surface area contributed by atoms with Crippen LogP contribution in [0.25, 0.3) is 5.57 Å². The summed E-state index contributed by atoms with van der Waals surface area (Å²) in [5.74, 6) is -4.09. The van der Waals surface area contributed by atoms with Gasteiger partial charge in [-0.2, -0.15) is 8.78 Å². The highest BCUT2D eigenvalue weighted by Gasteiger charge is 2.27. The van der Waals surface area contributed by atoms with Gasteiger partial charge in [0.1, 0.15) is 11.4 Å². The van der Waals surface area contributed by atoms with Crippen molar-refractivity contribution >= 4 is 23.1 Å². The van der Waals surface area contributed by atoms with E-state index in [1.807, 2.05) is 37.3 Å². The number of allylic oxidation sites excluding steroid dienone is 5. The minimum absolute atomic E-state index is 0.0909. The fourth-order valence-electron chi connectivity index (χ4n) is 4.25. The molecule has 6 nitrogen and oxygen atoms in total. The highest BCUT2D eigenvalue weighted by atomic mass is 19.3. The van der Waals surface area contributed by atoms with E-state index in [9.17, 15) is 18.4 Å². The third-order valence-electron chi connectivity index (χ3n) is 6.34. The Morgan fingerprint density at radius 2 is 1.82 bits per heavy atom. The number of nitrogens with one attached hydrogen (secondary N) is 2. The van der Waals surface area contributed by atoms with Crippen LogP contribution in [-0.2, 0) is 5.92 Å². The molecule has 3 aromatic rings. The Balaban J connectivity index is 1.66. The summed E-state index contributed by atoms with van der Waals surface area (Å²) in [4.78, 5) is 32.8. The minimum atomic E-state index is -3.15. The van der Waals surface area contributed by atoms with E-state index in [0.717, 1.165) is 40.8 Å². The number of carbonyl (C=O) groups excluding carboxylic acids is 2. The van der Waals surface area contributed by atoms with Gasteiger partial charge in [-0.3, -0.25) is 19.6 Å². The largest absolute Gasteiger partial charge is 0.354 e. The van der Waals surface area contributed by atoms with Crippen LogP contribution in [0.2, 0.25) is 0 Å². The molecule has 1 aromatic carbocycles. The number of aryl methyl sites for hydroxylation is 1. The summed E-state index contributed by atoms with van der Waals surface area (Å²) >= 11 is 0. The van der Waals surface area contributed by atoms with Crippen molar-refractivity contribution in [2.45, 2.75) is 32.1 Å². The molecular weight excluding hydrogens is 486 g/mol. The summed E-state index contributed by atoms with van der Waals surface area (Å²) in [6, 6.07) is 11.6. The summed E-state index contributed by atoms with van der Waals surface area (Å²) in [6.07, 6.45) is 9.59. The molecule has 1 aliphatic carbocycles. The lowest BCUT2D eigenvalue weighted by atomic mass is 9.88. The van der Waals surface area contributed by atoms with E-state index < -0.39 is 17.5 Å². The summed E-state index contributed by atoms with van der Waals surface area (Å²) in [5.41, 5.74) is 5.15. The Morgan fingerprint density at radius 3 is 2.55 bits per heavy atom. The van der Waals surface area contributed by atoms with E-state index in [4.69, 9.17) is 0 Å². The SMILES string of the molecule is C=C1CC=CC(c2cc(NC(=O)c3ccnc(C(C)(F)F)c3)ccc2C)=CC1c1ccnc(C(=O)NC)c1. The predicted octanol–water partition coefficient (Wildman–Crippen LogP) is 6.19. The standard InChI is InChI=1S/C30H28F2N4O2/c1-18-6-5-7-20(14-24(18)21-10-12-34-26(15-21)29(38)33-4)25-17-23(9-8-19(25)2)36-28(37)22-11-13-35-27(16-22)30(3,31)32/h5,7-17,24H,1,6H2,2-4H3,(H,33,38)(H,36,37). The van der Waals surface area contributed by atoms with Crippen molar-refractivity contribution in [3.8, 4) is 0 Å². The second-order valence-corrected chi connectivity index (χ2v) is 9.22. The first-order chi connectivity index (χ1) is 18.1. The van der Waals surface area contributed by atoms with Crippen LogP contribution in [0, 0.1) is 6.92 Å². The molecule has 38 heavy (non-hydrogen) atoms. The molecule has 0 spiro atoms. The lowest BCUT2D eigenvalue weighted by Crippen LogP contribution is -2.19. The molecule has 2 heterocycles. The molecule has 8 heteroatoms. The Morgan fingerprint density at radius 1 is 1.05 bits per heavy atom. The molecular formula is C30H28F2N4O2. The van der Waals surface area contributed by atoms with Crippen molar-refractivity contribution in [3.05, 3.63) is 119 Å². The number of hydrogen-bond acceptors (Lipinski definition) is 4. The maximum atomic E-state index is 13.7. The smallest absolute Gasteiger partial charge is 0.286 e. The maximum absolute atomic E-state index is 13.7. The zero-order chi connectivity index (χ0) is 27.4. The number of carbonyl (C=O) groups is 2. The summed E-state index contributed by atoms with van der Waals surface area (Å²) in [6.45, 7) is 6.97. The zero-order valence-corrected chi connectivity index (χ0v) is 21.4. The van der Waals surface area contributed by atoms with Gasteiger partial charge in [0.05, 0.1) is 0 Å². The molecule has 1 atom stereocenters. The first-order valence-electron chi connectivity index (χ1n) is 12.1. The van der Waals surface area contributed by atoms with E-state index in [-0.39, 0.29) is 17.4 Å². The lowest BCUT2D eigenvalue weighted by Gasteiger charge is -2.17. The quantitative estimate of drug-likeness (QED) is 0.384. The van der Waals surface area contributed by atoms with Crippen LogP contribution in [-0.4, -0.2) is 28.8 Å².